The van der Waals surface area contributed by atoms with Crippen molar-refractivity contribution in [2.75, 3.05) is 29.4 Å². The van der Waals surface area contributed by atoms with E-state index in [1.807, 2.05) is 0 Å². The molecule has 0 spiro atoms. The number of fused-ring (bicyclic) bond motifs is 1. The number of benzene rings is 1. The van der Waals surface area contributed by atoms with E-state index < -0.39 is 11.6 Å². The fraction of sp³-hybridized carbons (Fsp3) is 0.389. The SMILES string of the molecule is O=C(C1CCN(c2cnccn2)CC1)N1CCc2c(F)cc(F)cc21. The lowest BCUT2D eigenvalue weighted by Crippen LogP contribution is -2.42. The molecule has 1 amide bonds. The molecule has 0 radical (unpaired) electrons. The summed E-state index contributed by atoms with van der Waals surface area (Å²) < 4.78 is 27.4. The minimum Gasteiger partial charge on any atom is -0.355 e. The molecule has 2 aliphatic rings. The summed E-state index contributed by atoms with van der Waals surface area (Å²) in [6.07, 6.45) is 6.81. The number of hydrogen-bond acceptors (Lipinski definition) is 4. The van der Waals surface area contributed by atoms with Crippen LogP contribution in [0.3, 0.4) is 0 Å². The van der Waals surface area contributed by atoms with Gasteiger partial charge in [-0.05, 0) is 25.3 Å². The van der Waals surface area contributed by atoms with Crippen molar-refractivity contribution < 1.29 is 13.6 Å². The van der Waals surface area contributed by atoms with Gasteiger partial charge >= 0.3 is 0 Å². The molecule has 130 valence electrons. The van der Waals surface area contributed by atoms with Crippen molar-refractivity contribution in [3.8, 4) is 0 Å². The number of nitrogens with zero attached hydrogens (tertiary/aromatic N) is 4. The van der Waals surface area contributed by atoms with Crippen LogP contribution in [0.4, 0.5) is 20.3 Å². The van der Waals surface area contributed by atoms with E-state index in [1.54, 1.807) is 23.5 Å². The maximum atomic E-state index is 13.9. The monoisotopic (exact) mass is 344 g/mol. The number of carbonyl (C=O) groups excluding carboxylic acids is 1. The molecule has 0 unspecified atom stereocenters. The van der Waals surface area contributed by atoms with E-state index in [-0.39, 0.29) is 11.8 Å². The highest BCUT2D eigenvalue weighted by atomic mass is 19.1. The second-order valence-corrected chi connectivity index (χ2v) is 6.45. The summed E-state index contributed by atoms with van der Waals surface area (Å²) in [7, 11) is 0. The van der Waals surface area contributed by atoms with Crippen LogP contribution in [-0.2, 0) is 11.2 Å². The molecule has 4 rings (SSSR count). The summed E-state index contributed by atoms with van der Waals surface area (Å²) in [6, 6.07) is 2.14. The van der Waals surface area contributed by atoms with E-state index in [2.05, 4.69) is 14.9 Å². The minimum atomic E-state index is -0.645. The van der Waals surface area contributed by atoms with Gasteiger partial charge in [-0.3, -0.25) is 9.78 Å². The normalized spacial score (nSPS) is 17.7. The van der Waals surface area contributed by atoms with Crippen LogP contribution in [0.15, 0.2) is 30.7 Å². The largest absolute Gasteiger partial charge is 0.355 e. The summed E-state index contributed by atoms with van der Waals surface area (Å²) in [5.74, 6) is -0.576. The Hall–Kier alpha value is -2.57. The Balaban J connectivity index is 1.46. The summed E-state index contributed by atoms with van der Waals surface area (Å²) in [5.41, 5.74) is 0.825. The molecule has 1 aromatic carbocycles. The zero-order chi connectivity index (χ0) is 17.4. The van der Waals surface area contributed by atoms with Crippen molar-refractivity contribution in [1.29, 1.82) is 0 Å². The zero-order valence-corrected chi connectivity index (χ0v) is 13.7. The van der Waals surface area contributed by atoms with Crippen molar-refractivity contribution in [1.82, 2.24) is 9.97 Å². The molecule has 2 aromatic rings. The second-order valence-electron chi connectivity index (χ2n) is 6.45. The molecule has 0 aliphatic carbocycles. The Morgan fingerprint density at radius 3 is 2.64 bits per heavy atom. The van der Waals surface area contributed by atoms with E-state index in [9.17, 15) is 13.6 Å². The first-order valence-electron chi connectivity index (χ1n) is 8.44. The van der Waals surface area contributed by atoms with Gasteiger partial charge in [0.05, 0.1) is 11.9 Å². The van der Waals surface area contributed by atoms with Crippen molar-refractivity contribution in [2.45, 2.75) is 19.3 Å². The van der Waals surface area contributed by atoms with E-state index >= 15 is 0 Å². The maximum Gasteiger partial charge on any atom is 0.230 e. The van der Waals surface area contributed by atoms with Crippen molar-refractivity contribution in [2.24, 2.45) is 5.92 Å². The van der Waals surface area contributed by atoms with Gasteiger partial charge in [0, 0.05) is 49.6 Å². The first kappa shape index (κ1) is 15.9. The lowest BCUT2D eigenvalue weighted by atomic mass is 9.95. The summed E-state index contributed by atoms with van der Waals surface area (Å²) in [4.78, 5) is 24.9. The second kappa shape index (κ2) is 6.38. The van der Waals surface area contributed by atoms with Crippen LogP contribution in [0, 0.1) is 17.6 Å². The van der Waals surface area contributed by atoms with Gasteiger partial charge in [-0.1, -0.05) is 0 Å². The smallest absolute Gasteiger partial charge is 0.230 e. The predicted molar refractivity (Wildman–Crippen MR) is 89.4 cm³/mol. The van der Waals surface area contributed by atoms with Gasteiger partial charge in [-0.2, -0.15) is 0 Å². The minimum absolute atomic E-state index is 0.0393. The van der Waals surface area contributed by atoms with E-state index in [4.69, 9.17) is 0 Å². The lowest BCUT2D eigenvalue weighted by Gasteiger charge is -2.33. The van der Waals surface area contributed by atoms with Crippen LogP contribution in [0.25, 0.3) is 0 Å². The highest BCUT2D eigenvalue weighted by Crippen LogP contribution is 2.34. The summed E-state index contributed by atoms with van der Waals surface area (Å²) >= 11 is 0. The number of rotatable bonds is 2. The van der Waals surface area contributed by atoms with Gasteiger partial charge in [0.1, 0.15) is 17.5 Å². The highest BCUT2D eigenvalue weighted by molar-refractivity contribution is 5.97. The standard InChI is InChI=1S/C18H18F2N4O/c19-13-9-15(20)14-3-8-24(16(14)10-13)18(25)12-1-6-23(7-2-12)17-11-21-4-5-22-17/h4-5,9-12H,1-3,6-8H2. The van der Waals surface area contributed by atoms with Crippen LogP contribution in [0.1, 0.15) is 18.4 Å². The molecule has 0 N–H and O–H groups in total. The van der Waals surface area contributed by atoms with E-state index in [0.717, 1.165) is 11.9 Å². The van der Waals surface area contributed by atoms with Gasteiger partial charge in [0.25, 0.3) is 0 Å². The number of halogens is 2. The van der Waals surface area contributed by atoms with E-state index in [0.29, 0.717) is 50.1 Å². The third-order valence-electron chi connectivity index (χ3n) is 5.00. The molecule has 3 heterocycles. The Kier molecular flexibility index (Phi) is 4.07. The molecule has 25 heavy (non-hydrogen) atoms. The first-order chi connectivity index (χ1) is 12.1. The molecule has 0 bridgehead atoms. The number of hydrogen-bond donors (Lipinski definition) is 0. The molecule has 1 fully saturated rings. The van der Waals surface area contributed by atoms with Gasteiger partial charge in [0.15, 0.2) is 0 Å². The number of anilines is 2. The van der Waals surface area contributed by atoms with Crippen molar-refractivity contribution >= 4 is 17.4 Å². The summed E-state index contributed by atoms with van der Waals surface area (Å²) in [5, 5.41) is 0. The first-order valence-corrected chi connectivity index (χ1v) is 8.44. The van der Waals surface area contributed by atoms with Crippen LogP contribution < -0.4 is 9.80 Å². The average molecular weight is 344 g/mol. The Bertz CT molecular complexity index is 791. The Morgan fingerprint density at radius 1 is 1.12 bits per heavy atom. The van der Waals surface area contributed by atoms with Crippen LogP contribution >= 0.6 is 0 Å². The summed E-state index contributed by atoms with van der Waals surface area (Å²) in [6.45, 7) is 1.85. The third kappa shape index (κ3) is 2.94. The topological polar surface area (TPSA) is 49.3 Å². The average Bonchev–Trinajstić information content (AvgIpc) is 3.06. The van der Waals surface area contributed by atoms with Gasteiger partial charge in [0.2, 0.25) is 5.91 Å². The molecule has 5 nitrogen and oxygen atoms in total. The highest BCUT2D eigenvalue weighted by Gasteiger charge is 2.34. The lowest BCUT2D eigenvalue weighted by molar-refractivity contribution is -0.122. The molecule has 0 saturated carbocycles. The number of aromatic nitrogens is 2. The predicted octanol–water partition coefficient (Wildman–Crippen LogP) is 2.56. The van der Waals surface area contributed by atoms with Gasteiger partial charge in [-0.25, -0.2) is 13.8 Å². The quantitative estimate of drug-likeness (QED) is 0.840. The maximum absolute atomic E-state index is 13.9. The van der Waals surface area contributed by atoms with Crippen LogP contribution in [0.2, 0.25) is 0 Å². The fourth-order valence-corrected chi connectivity index (χ4v) is 3.68. The molecular weight excluding hydrogens is 326 g/mol. The molecule has 7 heteroatoms. The molecule has 1 saturated heterocycles. The Labute approximate surface area is 144 Å². The van der Waals surface area contributed by atoms with Gasteiger partial charge in [-0.15, -0.1) is 0 Å². The third-order valence-corrected chi connectivity index (χ3v) is 5.00. The van der Waals surface area contributed by atoms with Crippen LogP contribution in [-0.4, -0.2) is 35.5 Å². The Morgan fingerprint density at radius 2 is 1.92 bits per heavy atom. The number of amides is 1. The molecule has 1 aromatic heterocycles. The number of piperidine rings is 1. The zero-order valence-electron chi connectivity index (χ0n) is 13.7. The van der Waals surface area contributed by atoms with Crippen molar-refractivity contribution in [3.05, 3.63) is 47.9 Å². The van der Waals surface area contributed by atoms with Crippen LogP contribution in [0.5, 0.6) is 0 Å². The van der Waals surface area contributed by atoms with Gasteiger partial charge < -0.3 is 9.80 Å². The number of carbonyl (C=O) groups is 1. The van der Waals surface area contributed by atoms with Crippen molar-refractivity contribution in [3.63, 3.8) is 0 Å². The van der Waals surface area contributed by atoms with E-state index in [1.165, 1.54) is 6.07 Å². The molecular formula is C18H18F2N4O. The fourth-order valence-electron chi connectivity index (χ4n) is 3.68. The molecule has 2 aliphatic heterocycles. The molecule has 0 atom stereocenters.